The van der Waals surface area contributed by atoms with E-state index in [1.165, 1.54) is 4.31 Å². The fourth-order valence-electron chi connectivity index (χ4n) is 3.46. The lowest BCUT2D eigenvalue weighted by molar-refractivity contribution is -0.123. The van der Waals surface area contributed by atoms with Crippen LogP contribution >= 0.6 is 0 Å². The van der Waals surface area contributed by atoms with Gasteiger partial charge in [-0.25, -0.2) is 8.42 Å². The molecule has 2 aliphatic rings. The number of nitrogens with zero attached hydrogens (tertiary/aromatic N) is 3. The van der Waals surface area contributed by atoms with Crippen molar-refractivity contribution in [2.75, 3.05) is 32.7 Å². The van der Waals surface area contributed by atoms with Crippen molar-refractivity contribution in [2.45, 2.75) is 31.1 Å². The van der Waals surface area contributed by atoms with E-state index in [1.807, 2.05) is 35.2 Å². The lowest BCUT2D eigenvalue weighted by Crippen LogP contribution is -2.54. The molecule has 1 saturated heterocycles. The Kier molecular flexibility index (Phi) is 5.84. The number of benzene rings is 1. The molecule has 1 saturated carbocycles. The number of hydrogen-bond acceptors (Lipinski definition) is 5. The van der Waals surface area contributed by atoms with Gasteiger partial charge in [-0.1, -0.05) is 30.3 Å². The van der Waals surface area contributed by atoms with Crippen LogP contribution < -0.4 is 5.32 Å². The Bertz CT molecular complexity index is 809. The van der Waals surface area contributed by atoms with Gasteiger partial charge < -0.3 is 5.32 Å². The number of carbonyl (C=O) groups excluding carboxylic acids is 1. The van der Waals surface area contributed by atoms with Crippen LogP contribution in [0, 0.1) is 17.2 Å². The number of sulfonamides is 1. The zero-order chi connectivity index (χ0) is 19.5. The Labute approximate surface area is 161 Å². The van der Waals surface area contributed by atoms with Gasteiger partial charge in [0.1, 0.15) is 5.54 Å². The molecule has 3 rings (SSSR count). The van der Waals surface area contributed by atoms with Crippen molar-refractivity contribution in [1.29, 1.82) is 5.26 Å². The van der Waals surface area contributed by atoms with E-state index in [4.69, 9.17) is 0 Å². The van der Waals surface area contributed by atoms with Crippen LogP contribution in [0.3, 0.4) is 0 Å². The Morgan fingerprint density at radius 3 is 2.41 bits per heavy atom. The molecule has 0 radical (unpaired) electrons. The van der Waals surface area contributed by atoms with E-state index in [1.54, 1.807) is 6.92 Å². The summed E-state index contributed by atoms with van der Waals surface area (Å²) in [7, 11) is -3.36. The van der Waals surface area contributed by atoms with Gasteiger partial charge in [0.05, 0.1) is 18.4 Å². The molecule has 0 bridgehead atoms. The van der Waals surface area contributed by atoms with E-state index in [2.05, 4.69) is 11.4 Å². The van der Waals surface area contributed by atoms with Crippen LogP contribution in [0.5, 0.6) is 0 Å². The first-order valence-electron chi connectivity index (χ1n) is 9.29. The average Bonchev–Trinajstić information content (AvgIpc) is 3.48. The topological polar surface area (TPSA) is 93.5 Å². The average molecular weight is 391 g/mol. The molecule has 0 aromatic heterocycles. The number of piperazine rings is 1. The van der Waals surface area contributed by atoms with Crippen LogP contribution in [0.4, 0.5) is 0 Å². The Morgan fingerprint density at radius 1 is 1.22 bits per heavy atom. The van der Waals surface area contributed by atoms with Crippen molar-refractivity contribution < 1.29 is 13.2 Å². The minimum Gasteiger partial charge on any atom is -0.337 e. The molecule has 1 aromatic rings. The van der Waals surface area contributed by atoms with Crippen LogP contribution in [0.2, 0.25) is 0 Å². The zero-order valence-corrected chi connectivity index (χ0v) is 16.4. The maximum Gasteiger partial charge on any atom is 0.235 e. The van der Waals surface area contributed by atoms with Gasteiger partial charge in [0.25, 0.3) is 0 Å². The second-order valence-electron chi connectivity index (χ2n) is 7.55. The van der Waals surface area contributed by atoms with E-state index < -0.39 is 15.6 Å². The summed E-state index contributed by atoms with van der Waals surface area (Å²) in [6, 6.07) is 11.4. The van der Waals surface area contributed by atoms with Crippen molar-refractivity contribution >= 4 is 15.9 Å². The SMILES string of the molecule is C[C@@](C#N)(NC(=O)CN1CCN(S(=O)(=O)Cc2ccccc2)CC1)C1CC1. The van der Waals surface area contributed by atoms with Gasteiger partial charge in [0.15, 0.2) is 0 Å². The standard InChI is InChI=1S/C19H26N4O3S/c1-19(15-20,17-7-8-17)21-18(24)13-22-9-11-23(12-10-22)27(25,26)14-16-5-3-2-4-6-16/h2-6,17H,7-14H2,1H3,(H,21,24)/t19-/m0/s1. The molecule has 1 aliphatic carbocycles. The van der Waals surface area contributed by atoms with Gasteiger partial charge >= 0.3 is 0 Å². The minimum absolute atomic E-state index is 0.00373. The van der Waals surface area contributed by atoms with E-state index in [9.17, 15) is 18.5 Å². The molecular formula is C19H26N4O3S. The molecule has 2 fully saturated rings. The Balaban J connectivity index is 1.48. The first kappa shape index (κ1) is 19.8. The van der Waals surface area contributed by atoms with Gasteiger partial charge in [-0.15, -0.1) is 0 Å². The number of hydrogen-bond donors (Lipinski definition) is 1. The summed E-state index contributed by atoms with van der Waals surface area (Å²) in [6.45, 7) is 3.73. The second-order valence-corrected chi connectivity index (χ2v) is 9.52. The molecule has 0 spiro atoms. The summed E-state index contributed by atoms with van der Waals surface area (Å²) in [6.07, 6.45) is 1.95. The van der Waals surface area contributed by atoms with Crippen molar-refractivity contribution in [3.8, 4) is 6.07 Å². The molecule has 0 unspecified atom stereocenters. The minimum atomic E-state index is -3.36. The molecule has 1 atom stereocenters. The van der Waals surface area contributed by atoms with Crippen LogP contribution in [-0.2, 0) is 20.6 Å². The van der Waals surface area contributed by atoms with Crippen LogP contribution in [-0.4, -0.2) is 61.8 Å². The molecule has 1 aromatic carbocycles. The van der Waals surface area contributed by atoms with Gasteiger partial charge in [0.2, 0.25) is 15.9 Å². The molecule has 146 valence electrons. The first-order valence-corrected chi connectivity index (χ1v) is 10.9. The fourth-order valence-corrected chi connectivity index (χ4v) is 4.97. The molecule has 8 heteroatoms. The highest BCUT2D eigenvalue weighted by atomic mass is 32.2. The molecule has 1 amide bonds. The molecular weight excluding hydrogens is 364 g/mol. The lowest BCUT2D eigenvalue weighted by atomic mass is 9.98. The van der Waals surface area contributed by atoms with E-state index in [0.29, 0.717) is 26.2 Å². The van der Waals surface area contributed by atoms with Crippen LogP contribution in [0.15, 0.2) is 30.3 Å². The summed E-state index contributed by atoms with van der Waals surface area (Å²) in [4.78, 5) is 14.2. The predicted octanol–water partition coefficient (Wildman–Crippen LogP) is 0.942. The number of carbonyl (C=O) groups is 1. The molecule has 1 N–H and O–H groups in total. The summed E-state index contributed by atoms with van der Waals surface area (Å²) >= 11 is 0. The molecule has 1 aliphatic heterocycles. The summed E-state index contributed by atoms with van der Waals surface area (Å²) in [5, 5.41) is 12.2. The van der Waals surface area contributed by atoms with E-state index >= 15 is 0 Å². The fraction of sp³-hybridized carbons (Fsp3) is 0.579. The highest BCUT2D eigenvalue weighted by Crippen LogP contribution is 2.39. The van der Waals surface area contributed by atoms with E-state index in [-0.39, 0.29) is 24.1 Å². The monoisotopic (exact) mass is 390 g/mol. The lowest BCUT2D eigenvalue weighted by Gasteiger charge is -2.34. The summed E-state index contributed by atoms with van der Waals surface area (Å²) in [5.41, 5.74) is -0.0204. The predicted molar refractivity (Wildman–Crippen MR) is 102 cm³/mol. The third-order valence-electron chi connectivity index (χ3n) is 5.31. The zero-order valence-electron chi connectivity index (χ0n) is 15.6. The molecule has 7 nitrogen and oxygen atoms in total. The van der Waals surface area contributed by atoms with Crippen LogP contribution in [0.25, 0.3) is 0 Å². The van der Waals surface area contributed by atoms with Gasteiger partial charge in [-0.05, 0) is 31.2 Å². The van der Waals surface area contributed by atoms with Gasteiger partial charge in [-0.2, -0.15) is 9.57 Å². The highest BCUT2D eigenvalue weighted by molar-refractivity contribution is 7.88. The largest absolute Gasteiger partial charge is 0.337 e. The number of amides is 1. The number of nitrogens with one attached hydrogen (secondary N) is 1. The maximum absolute atomic E-state index is 12.6. The highest BCUT2D eigenvalue weighted by Gasteiger charge is 2.43. The number of rotatable bonds is 7. The quantitative estimate of drug-likeness (QED) is 0.748. The van der Waals surface area contributed by atoms with Crippen molar-refractivity contribution in [3.05, 3.63) is 35.9 Å². The third kappa shape index (κ3) is 5.06. The summed E-state index contributed by atoms with van der Waals surface area (Å²) < 4.78 is 26.7. The van der Waals surface area contributed by atoms with Crippen molar-refractivity contribution in [1.82, 2.24) is 14.5 Å². The Morgan fingerprint density at radius 2 is 1.85 bits per heavy atom. The normalized spacial score (nSPS) is 21.2. The smallest absolute Gasteiger partial charge is 0.235 e. The summed E-state index contributed by atoms with van der Waals surface area (Å²) in [5.74, 6) is 0.0638. The molecule has 1 heterocycles. The molecule has 27 heavy (non-hydrogen) atoms. The first-order chi connectivity index (χ1) is 12.8. The van der Waals surface area contributed by atoms with Crippen molar-refractivity contribution in [2.24, 2.45) is 5.92 Å². The Hall–Kier alpha value is -1.95. The number of nitriles is 1. The maximum atomic E-state index is 12.6. The third-order valence-corrected chi connectivity index (χ3v) is 7.16. The van der Waals surface area contributed by atoms with Gasteiger partial charge in [0, 0.05) is 26.2 Å². The van der Waals surface area contributed by atoms with E-state index in [0.717, 1.165) is 18.4 Å². The van der Waals surface area contributed by atoms with Crippen molar-refractivity contribution in [3.63, 3.8) is 0 Å². The van der Waals surface area contributed by atoms with Gasteiger partial charge in [-0.3, -0.25) is 9.69 Å². The second kappa shape index (κ2) is 7.97. The van der Waals surface area contributed by atoms with Crippen LogP contribution in [0.1, 0.15) is 25.3 Å².